The van der Waals surface area contributed by atoms with Crippen molar-refractivity contribution in [2.45, 2.75) is 25.8 Å². The van der Waals surface area contributed by atoms with E-state index in [1.54, 1.807) is 29.8 Å². The molecule has 1 aliphatic heterocycles. The van der Waals surface area contributed by atoms with Crippen molar-refractivity contribution in [3.05, 3.63) is 28.8 Å². The molecule has 2 aromatic heterocycles. The van der Waals surface area contributed by atoms with Crippen LogP contribution in [0.5, 0.6) is 0 Å². The number of thiazole rings is 1. The minimum atomic E-state index is -0.224. The fraction of sp³-hybridized carbons (Fsp3) is 0.533. The van der Waals surface area contributed by atoms with E-state index in [-0.39, 0.29) is 11.9 Å². The smallest absolute Gasteiger partial charge is 0.320 e. The normalized spacial score (nSPS) is 18.7. The molecule has 2 aromatic rings. The molecule has 0 unspecified atom stereocenters. The Kier molecular flexibility index (Phi) is 5.24. The molecule has 3 heterocycles. The lowest BCUT2D eigenvalue weighted by atomic mass is 10.1. The Morgan fingerprint density at radius 3 is 3.22 bits per heavy atom. The van der Waals surface area contributed by atoms with Crippen LogP contribution in [0.4, 0.5) is 10.6 Å². The Morgan fingerprint density at radius 2 is 2.48 bits per heavy atom. The molecular weight excluding hydrogens is 314 g/mol. The van der Waals surface area contributed by atoms with E-state index in [4.69, 9.17) is 4.74 Å². The van der Waals surface area contributed by atoms with Gasteiger partial charge in [0.05, 0.1) is 17.8 Å². The first-order valence-corrected chi connectivity index (χ1v) is 8.64. The molecule has 0 aliphatic carbocycles. The summed E-state index contributed by atoms with van der Waals surface area (Å²) in [6.07, 6.45) is 4.52. The Balaban J connectivity index is 1.49. The third kappa shape index (κ3) is 4.29. The lowest BCUT2D eigenvalue weighted by molar-refractivity contribution is 0.181. The molecule has 0 saturated carbocycles. The Bertz CT molecular complexity index is 622. The van der Waals surface area contributed by atoms with Crippen molar-refractivity contribution in [1.82, 2.24) is 20.1 Å². The second kappa shape index (κ2) is 7.56. The van der Waals surface area contributed by atoms with E-state index >= 15 is 0 Å². The summed E-state index contributed by atoms with van der Waals surface area (Å²) in [7, 11) is 0. The number of urea groups is 1. The van der Waals surface area contributed by atoms with E-state index in [0.29, 0.717) is 18.3 Å². The molecule has 2 amide bonds. The quantitative estimate of drug-likeness (QED) is 0.849. The molecule has 3 rings (SSSR count). The van der Waals surface area contributed by atoms with Crippen LogP contribution in [0, 0.1) is 5.92 Å². The molecule has 7 nitrogen and oxygen atoms in total. The van der Waals surface area contributed by atoms with Gasteiger partial charge in [-0.05, 0) is 6.42 Å². The molecule has 0 bridgehead atoms. The van der Waals surface area contributed by atoms with Crippen molar-refractivity contribution >= 4 is 23.2 Å². The highest BCUT2D eigenvalue weighted by Crippen LogP contribution is 2.18. The van der Waals surface area contributed by atoms with Gasteiger partial charge in [-0.1, -0.05) is 6.92 Å². The highest BCUT2D eigenvalue weighted by Gasteiger charge is 2.18. The van der Waals surface area contributed by atoms with Crippen LogP contribution in [0.2, 0.25) is 0 Å². The molecule has 23 heavy (non-hydrogen) atoms. The fourth-order valence-electron chi connectivity index (χ4n) is 2.53. The first kappa shape index (κ1) is 15.9. The molecule has 2 atom stereocenters. The third-order valence-electron chi connectivity index (χ3n) is 3.86. The summed E-state index contributed by atoms with van der Waals surface area (Å²) in [4.78, 5) is 16.3. The molecule has 124 valence electrons. The number of anilines is 1. The minimum Gasteiger partial charge on any atom is -0.381 e. The molecule has 0 aromatic carbocycles. The van der Waals surface area contributed by atoms with Crippen LogP contribution in [0.3, 0.4) is 0 Å². The second-order valence-corrected chi connectivity index (χ2v) is 6.66. The summed E-state index contributed by atoms with van der Waals surface area (Å²) in [6, 6.07) is 1.58. The molecule has 8 heteroatoms. The number of carbonyl (C=O) groups excluding carboxylic acids is 1. The summed E-state index contributed by atoms with van der Waals surface area (Å²) < 4.78 is 7.20. The summed E-state index contributed by atoms with van der Waals surface area (Å²) in [5.41, 5.74) is 0. The molecule has 1 saturated heterocycles. The summed E-state index contributed by atoms with van der Waals surface area (Å²) in [6.45, 7) is 4.92. The zero-order valence-corrected chi connectivity index (χ0v) is 13.9. The van der Waals surface area contributed by atoms with Crippen molar-refractivity contribution in [3.8, 4) is 0 Å². The number of amides is 2. The van der Waals surface area contributed by atoms with Crippen molar-refractivity contribution in [2.75, 3.05) is 25.1 Å². The van der Waals surface area contributed by atoms with Crippen LogP contribution in [0.15, 0.2) is 23.8 Å². The third-order valence-corrected chi connectivity index (χ3v) is 4.86. The predicted octanol–water partition coefficient (Wildman–Crippen LogP) is 2.30. The van der Waals surface area contributed by atoms with Crippen LogP contribution < -0.4 is 10.6 Å². The fourth-order valence-corrected chi connectivity index (χ4v) is 3.23. The number of rotatable bonds is 6. The first-order chi connectivity index (χ1) is 11.2. The van der Waals surface area contributed by atoms with Gasteiger partial charge in [0.2, 0.25) is 0 Å². The number of nitrogens with one attached hydrogen (secondary N) is 2. The number of nitrogens with zero attached hydrogens (tertiary/aromatic N) is 3. The van der Waals surface area contributed by atoms with Gasteiger partial charge in [-0.2, -0.15) is 5.10 Å². The van der Waals surface area contributed by atoms with Crippen LogP contribution in [-0.4, -0.2) is 40.6 Å². The first-order valence-electron chi connectivity index (χ1n) is 7.76. The maximum Gasteiger partial charge on any atom is 0.320 e. The highest BCUT2D eigenvalue weighted by atomic mass is 32.1. The lowest BCUT2D eigenvalue weighted by Crippen LogP contribution is -2.32. The van der Waals surface area contributed by atoms with E-state index in [1.165, 1.54) is 0 Å². The molecular formula is C15H21N5O2S. The zero-order valence-electron chi connectivity index (χ0n) is 13.1. The maximum atomic E-state index is 12.1. The van der Waals surface area contributed by atoms with Gasteiger partial charge in [-0.25, -0.2) is 14.5 Å². The van der Waals surface area contributed by atoms with E-state index in [0.717, 1.165) is 31.2 Å². The van der Waals surface area contributed by atoms with Gasteiger partial charge in [0.1, 0.15) is 5.82 Å². The molecule has 0 radical (unpaired) electrons. The lowest BCUT2D eigenvalue weighted by Gasteiger charge is -2.14. The van der Waals surface area contributed by atoms with Gasteiger partial charge < -0.3 is 10.1 Å². The van der Waals surface area contributed by atoms with E-state index in [2.05, 4.69) is 20.7 Å². The Hall–Kier alpha value is -1.93. The van der Waals surface area contributed by atoms with Crippen LogP contribution in [-0.2, 0) is 11.3 Å². The SMILES string of the molecule is C[C@H](CNC(=O)Nc1ccnn1C[C@H]1CCOC1)c1nccs1. The van der Waals surface area contributed by atoms with Crippen molar-refractivity contribution in [1.29, 1.82) is 0 Å². The molecule has 1 fully saturated rings. The standard InChI is InChI=1S/C15H21N5O2S/c1-11(14-16-5-7-23-14)8-17-15(21)19-13-2-4-18-20(13)9-12-3-6-22-10-12/h2,4-5,7,11-12H,3,6,8-10H2,1H3,(H2,17,19,21)/t11-,12-/m1/s1. The van der Waals surface area contributed by atoms with E-state index in [1.807, 2.05) is 17.0 Å². The van der Waals surface area contributed by atoms with Crippen molar-refractivity contribution < 1.29 is 9.53 Å². The number of hydrogen-bond donors (Lipinski definition) is 2. The van der Waals surface area contributed by atoms with Gasteiger partial charge in [-0.3, -0.25) is 5.32 Å². The summed E-state index contributed by atoms with van der Waals surface area (Å²) in [5.74, 6) is 1.36. The van der Waals surface area contributed by atoms with Crippen LogP contribution in [0.25, 0.3) is 0 Å². The number of hydrogen-bond acceptors (Lipinski definition) is 5. The summed E-state index contributed by atoms with van der Waals surface area (Å²) in [5, 5.41) is 13.0. The monoisotopic (exact) mass is 335 g/mol. The van der Waals surface area contributed by atoms with Gasteiger partial charge >= 0.3 is 6.03 Å². The van der Waals surface area contributed by atoms with Crippen LogP contribution in [0.1, 0.15) is 24.3 Å². The van der Waals surface area contributed by atoms with Crippen LogP contribution >= 0.6 is 11.3 Å². The molecule has 2 N–H and O–H groups in total. The molecule has 1 aliphatic rings. The second-order valence-electron chi connectivity index (χ2n) is 5.73. The number of ether oxygens (including phenoxy) is 1. The zero-order chi connectivity index (χ0) is 16.1. The predicted molar refractivity (Wildman–Crippen MR) is 88.7 cm³/mol. The summed E-state index contributed by atoms with van der Waals surface area (Å²) >= 11 is 1.60. The topological polar surface area (TPSA) is 81.1 Å². The van der Waals surface area contributed by atoms with Gasteiger partial charge in [-0.15, -0.1) is 11.3 Å². The largest absolute Gasteiger partial charge is 0.381 e. The Morgan fingerprint density at radius 1 is 1.57 bits per heavy atom. The average Bonchev–Trinajstić information content (AvgIpc) is 3.28. The maximum absolute atomic E-state index is 12.1. The number of aromatic nitrogens is 3. The average molecular weight is 335 g/mol. The van der Waals surface area contributed by atoms with Gasteiger partial charge in [0.25, 0.3) is 0 Å². The van der Waals surface area contributed by atoms with Gasteiger partial charge in [0, 0.05) is 49.2 Å². The molecule has 0 spiro atoms. The minimum absolute atomic E-state index is 0.196. The van der Waals surface area contributed by atoms with E-state index < -0.39 is 0 Å². The Labute approximate surface area is 139 Å². The van der Waals surface area contributed by atoms with Gasteiger partial charge in [0.15, 0.2) is 0 Å². The number of carbonyl (C=O) groups is 1. The van der Waals surface area contributed by atoms with Crippen molar-refractivity contribution in [2.24, 2.45) is 5.92 Å². The highest BCUT2D eigenvalue weighted by molar-refractivity contribution is 7.09. The van der Waals surface area contributed by atoms with Crippen molar-refractivity contribution in [3.63, 3.8) is 0 Å². The van der Waals surface area contributed by atoms with E-state index in [9.17, 15) is 4.79 Å².